The van der Waals surface area contributed by atoms with E-state index in [0.29, 0.717) is 29.8 Å². The molecule has 4 fully saturated rings. The molecule has 0 bridgehead atoms. The van der Waals surface area contributed by atoms with Crippen molar-refractivity contribution in [2.75, 3.05) is 25.0 Å². The minimum absolute atomic E-state index is 0.0263. The van der Waals surface area contributed by atoms with Crippen molar-refractivity contribution in [2.45, 2.75) is 115 Å². The van der Waals surface area contributed by atoms with Crippen molar-refractivity contribution in [1.29, 1.82) is 0 Å². The zero-order valence-electron chi connectivity index (χ0n) is 33.4. The van der Waals surface area contributed by atoms with Crippen LogP contribution in [-0.2, 0) is 39.9 Å². The SMILES string of the molecule is Cc1cccc(C[C@H](NC(=O)Nc2ccc(Cl)cc2Cl)C(=O)N[C@@H]2C(=O)N3C[C@H](O)C[C@H]3C(=O)N3CCCC[C@H]3C(=O)N[C@@H](C)C(=O)N3C[C@H](C)C[C@H]3C(=O)O[C@H]2C)c1. The number of rotatable bonds is 6. The molecule has 0 radical (unpaired) electrons. The summed E-state index contributed by atoms with van der Waals surface area (Å²) in [7, 11) is 0. The summed E-state index contributed by atoms with van der Waals surface area (Å²) in [6.07, 6.45) is -0.837. The third-order valence-electron chi connectivity index (χ3n) is 11.4. The van der Waals surface area contributed by atoms with Gasteiger partial charge in [0.1, 0.15) is 42.4 Å². The summed E-state index contributed by atoms with van der Waals surface area (Å²) in [6, 6.07) is 3.77. The van der Waals surface area contributed by atoms with E-state index in [2.05, 4.69) is 21.3 Å². The Balaban J connectivity index is 1.35. The van der Waals surface area contributed by atoms with Gasteiger partial charge >= 0.3 is 12.0 Å². The number of piperidine rings is 1. The van der Waals surface area contributed by atoms with Crippen LogP contribution in [0.2, 0.25) is 10.0 Å². The number of cyclic esters (lactones) is 1. The van der Waals surface area contributed by atoms with Crippen LogP contribution in [0.5, 0.6) is 0 Å². The van der Waals surface area contributed by atoms with E-state index in [1.54, 1.807) is 12.1 Å². The van der Waals surface area contributed by atoms with Crippen molar-refractivity contribution >= 4 is 70.4 Å². The van der Waals surface area contributed by atoms with Crippen LogP contribution in [0.25, 0.3) is 0 Å². The van der Waals surface area contributed by atoms with Crippen molar-refractivity contribution in [1.82, 2.24) is 30.7 Å². The molecule has 2 aromatic rings. The van der Waals surface area contributed by atoms with Crippen molar-refractivity contribution in [2.24, 2.45) is 5.92 Å². The Hall–Kier alpha value is -4.93. The second kappa shape index (κ2) is 18.6. The number of ether oxygens (including phenoxy) is 1. The molecular weight excluding hydrogens is 805 g/mol. The molecule has 5 N–H and O–H groups in total. The average molecular weight is 857 g/mol. The molecule has 2 aromatic carbocycles. The zero-order valence-corrected chi connectivity index (χ0v) is 34.9. The Labute approximate surface area is 352 Å². The van der Waals surface area contributed by atoms with Gasteiger partial charge in [0.2, 0.25) is 29.5 Å². The summed E-state index contributed by atoms with van der Waals surface area (Å²) in [4.78, 5) is 102. The maximum absolute atomic E-state index is 14.8. The number of esters is 1. The van der Waals surface area contributed by atoms with Gasteiger partial charge in [-0.3, -0.25) is 24.0 Å². The maximum Gasteiger partial charge on any atom is 0.329 e. The topological polar surface area (TPSA) is 207 Å². The molecule has 59 heavy (non-hydrogen) atoms. The van der Waals surface area contributed by atoms with Crippen LogP contribution >= 0.6 is 23.2 Å². The number of amides is 7. The standard InChI is InChI=1S/C41H51Cl2N7O9/c1-21-8-7-9-25(14-21)16-30(46-41(58)45-29-12-11-26(42)17-28(29)43)35(52)47-34-24(4)59-40(57)33-15-22(2)19-49(33)37(54)23(3)44-36(53)31-10-5-6-13-48(31)38(55)32-18-27(51)20-50(32)39(34)56/h7-9,11-12,14,17,22-24,27,30-34,51H,5-6,10,13,15-16,18-20H2,1-4H3,(H,44,53)(H,47,52)(H2,45,46,58)/t22-,23+,24+,27-,30+,31+,32+,33+,34+/m1/s1. The summed E-state index contributed by atoms with van der Waals surface area (Å²) >= 11 is 12.3. The van der Waals surface area contributed by atoms with E-state index >= 15 is 0 Å². The lowest BCUT2D eigenvalue weighted by molar-refractivity contribution is -0.163. The first kappa shape index (κ1) is 43.6. The van der Waals surface area contributed by atoms with Crippen molar-refractivity contribution in [3.8, 4) is 0 Å². The second-order valence-electron chi connectivity index (χ2n) is 16.1. The van der Waals surface area contributed by atoms with Gasteiger partial charge in [-0.05, 0) is 76.1 Å². The molecule has 0 saturated carbocycles. The number of benzene rings is 2. The third-order valence-corrected chi connectivity index (χ3v) is 11.9. The molecule has 18 heteroatoms. The van der Waals surface area contributed by atoms with E-state index in [-0.39, 0.29) is 55.5 Å². The summed E-state index contributed by atoms with van der Waals surface area (Å²) in [5.74, 6) is -4.19. The Morgan fingerprint density at radius 2 is 1.64 bits per heavy atom. The van der Waals surface area contributed by atoms with E-state index < -0.39 is 90.0 Å². The van der Waals surface area contributed by atoms with Gasteiger partial charge in [0, 0.05) is 37.5 Å². The smallest absolute Gasteiger partial charge is 0.329 e. The Bertz CT molecular complexity index is 1990. The van der Waals surface area contributed by atoms with E-state index in [1.165, 1.54) is 41.8 Å². The predicted molar refractivity (Wildman–Crippen MR) is 217 cm³/mol. The molecular formula is C41H51Cl2N7O9. The van der Waals surface area contributed by atoms with Crippen molar-refractivity contribution < 1.29 is 43.4 Å². The highest BCUT2D eigenvalue weighted by molar-refractivity contribution is 6.36. The number of carbonyl (C=O) groups is 7. The first-order chi connectivity index (χ1) is 28.0. The van der Waals surface area contributed by atoms with Crippen LogP contribution in [0.4, 0.5) is 10.5 Å². The van der Waals surface area contributed by atoms with Crippen LogP contribution < -0.4 is 21.3 Å². The maximum atomic E-state index is 14.8. The summed E-state index contributed by atoms with van der Waals surface area (Å²) in [6.45, 7) is 6.83. The number of halogens is 2. The van der Waals surface area contributed by atoms with Crippen LogP contribution in [-0.4, -0.2) is 129 Å². The average Bonchev–Trinajstić information content (AvgIpc) is 3.78. The summed E-state index contributed by atoms with van der Waals surface area (Å²) in [5.41, 5.74) is 1.80. The number of aliphatic hydroxyl groups is 1. The van der Waals surface area contributed by atoms with E-state index in [0.717, 1.165) is 10.5 Å². The van der Waals surface area contributed by atoms with Gasteiger partial charge in [-0.1, -0.05) is 60.0 Å². The van der Waals surface area contributed by atoms with Crippen LogP contribution in [0.3, 0.4) is 0 Å². The quantitative estimate of drug-likeness (QED) is 0.271. The molecule has 0 aliphatic carbocycles. The fraction of sp³-hybridized carbons (Fsp3) is 0.537. The normalized spacial score (nSPS) is 28.5. The number of hydrogen-bond donors (Lipinski definition) is 5. The molecule has 0 aromatic heterocycles. The Morgan fingerprint density at radius 3 is 2.37 bits per heavy atom. The molecule has 318 valence electrons. The lowest BCUT2D eigenvalue weighted by Gasteiger charge is -2.39. The monoisotopic (exact) mass is 855 g/mol. The Morgan fingerprint density at radius 1 is 0.898 bits per heavy atom. The number of aliphatic hydroxyl groups excluding tert-OH is 1. The number of nitrogens with zero attached hydrogens (tertiary/aromatic N) is 3. The van der Waals surface area contributed by atoms with Crippen LogP contribution in [0, 0.1) is 12.8 Å². The number of anilines is 1. The van der Waals surface area contributed by atoms with Gasteiger partial charge in [-0.25, -0.2) is 9.59 Å². The highest BCUT2D eigenvalue weighted by Gasteiger charge is 2.49. The third kappa shape index (κ3) is 10.1. The highest BCUT2D eigenvalue weighted by Crippen LogP contribution is 2.29. The molecule has 6 rings (SSSR count). The summed E-state index contributed by atoms with van der Waals surface area (Å²) in [5, 5.41) is 22.2. The minimum atomic E-state index is -1.63. The highest BCUT2D eigenvalue weighted by atomic mass is 35.5. The first-order valence-electron chi connectivity index (χ1n) is 20.0. The predicted octanol–water partition coefficient (Wildman–Crippen LogP) is 2.55. The van der Waals surface area contributed by atoms with E-state index in [1.807, 2.05) is 26.0 Å². The Kier molecular flexibility index (Phi) is 13.7. The molecule has 4 heterocycles. The largest absolute Gasteiger partial charge is 0.458 e. The number of nitrogens with one attached hydrogen (secondary N) is 4. The van der Waals surface area contributed by atoms with Gasteiger partial charge < -0.3 is 45.8 Å². The lowest BCUT2D eigenvalue weighted by Crippen LogP contribution is -2.63. The fourth-order valence-corrected chi connectivity index (χ4v) is 8.87. The number of fused-ring (bicyclic) bond motifs is 3. The van der Waals surface area contributed by atoms with Gasteiger partial charge in [0.25, 0.3) is 0 Å². The minimum Gasteiger partial charge on any atom is -0.458 e. The number of urea groups is 1. The van der Waals surface area contributed by atoms with Gasteiger partial charge in [-0.2, -0.15) is 0 Å². The first-order valence-corrected chi connectivity index (χ1v) is 20.7. The fourth-order valence-electron chi connectivity index (χ4n) is 8.42. The lowest BCUT2D eigenvalue weighted by atomic mass is 9.98. The second-order valence-corrected chi connectivity index (χ2v) is 17.0. The molecule has 4 aliphatic rings. The number of carbonyl (C=O) groups excluding carboxylic acids is 7. The van der Waals surface area contributed by atoms with Crippen LogP contribution in [0.1, 0.15) is 64.0 Å². The van der Waals surface area contributed by atoms with E-state index in [9.17, 15) is 38.7 Å². The van der Waals surface area contributed by atoms with Gasteiger partial charge in [0.05, 0.1) is 16.8 Å². The van der Waals surface area contributed by atoms with Crippen molar-refractivity contribution in [3.05, 3.63) is 63.6 Å². The molecule has 16 nitrogen and oxygen atoms in total. The number of aryl methyl sites for hydroxylation is 1. The molecule has 0 spiro atoms. The molecule has 9 atom stereocenters. The molecule has 4 saturated heterocycles. The molecule has 0 unspecified atom stereocenters. The zero-order chi connectivity index (χ0) is 42.7. The van der Waals surface area contributed by atoms with Crippen molar-refractivity contribution in [3.63, 3.8) is 0 Å². The number of hydrogen-bond acceptors (Lipinski definition) is 9. The van der Waals surface area contributed by atoms with Crippen LogP contribution in [0.15, 0.2) is 42.5 Å². The summed E-state index contributed by atoms with van der Waals surface area (Å²) < 4.78 is 5.92. The van der Waals surface area contributed by atoms with Gasteiger partial charge in [0.15, 0.2) is 0 Å². The molecule has 7 amide bonds. The van der Waals surface area contributed by atoms with E-state index in [4.69, 9.17) is 27.9 Å². The molecule has 4 aliphatic heterocycles. The van der Waals surface area contributed by atoms with Gasteiger partial charge in [-0.15, -0.1) is 0 Å².